The van der Waals surface area contributed by atoms with Gasteiger partial charge in [-0.25, -0.2) is 4.79 Å². The number of esters is 1. The van der Waals surface area contributed by atoms with E-state index in [0.717, 1.165) is 29.8 Å². The zero-order valence-corrected chi connectivity index (χ0v) is 10.6. The summed E-state index contributed by atoms with van der Waals surface area (Å²) in [6, 6.07) is 10.7. The van der Waals surface area contributed by atoms with Crippen molar-refractivity contribution in [1.82, 2.24) is 0 Å². The third-order valence-electron chi connectivity index (χ3n) is 2.68. The molecule has 0 unspecified atom stereocenters. The molecule has 0 aliphatic heterocycles. The molecule has 0 atom stereocenters. The smallest absolute Gasteiger partial charge is 0.416 e. The molecule has 0 amide bonds. The molecule has 0 radical (unpaired) electrons. The topological polar surface area (TPSA) is 26.3 Å². The summed E-state index contributed by atoms with van der Waals surface area (Å²) in [5, 5.41) is 0. The molecule has 5 heteroatoms. The summed E-state index contributed by atoms with van der Waals surface area (Å²) in [5.74, 6) is -0.344. The molecule has 0 bridgehead atoms. The fraction of sp³-hybridized carbons (Fsp3) is 0.133. The highest BCUT2D eigenvalue weighted by Gasteiger charge is 2.30. The first-order chi connectivity index (χ1) is 9.36. The summed E-state index contributed by atoms with van der Waals surface area (Å²) >= 11 is 0. The van der Waals surface area contributed by atoms with E-state index in [2.05, 4.69) is 0 Å². The first-order valence-corrected chi connectivity index (χ1v) is 5.82. The number of carbonyl (C=O) groups is 1. The highest BCUT2D eigenvalue weighted by Crippen LogP contribution is 2.29. The van der Waals surface area contributed by atoms with Crippen molar-refractivity contribution in [2.24, 2.45) is 0 Å². The predicted octanol–water partition coefficient (Wildman–Crippen LogP) is 4.23. The quantitative estimate of drug-likeness (QED) is 0.607. The van der Waals surface area contributed by atoms with Crippen LogP contribution in [0.4, 0.5) is 13.2 Å². The number of aryl methyl sites for hydroxylation is 1. The molecule has 0 spiro atoms. The van der Waals surface area contributed by atoms with E-state index in [1.165, 1.54) is 0 Å². The summed E-state index contributed by atoms with van der Waals surface area (Å²) in [5.41, 5.74) is 0.280. The van der Waals surface area contributed by atoms with Gasteiger partial charge in [-0.05, 0) is 43.3 Å². The molecular formula is C15H11F3O2. The van der Waals surface area contributed by atoms with Crippen molar-refractivity contribution in [3.8, 4) is 5.75 Å². The van der Waals surface area contributed by atoms with Gasteiger partial charge in [0.2, 0.25) is 0 Å². The monoisotopic (exact) mass is 280 g/mol. The number of hydrogen-bond donors (Lipinski definition) is 0. The Morgan fingerprint density at radius 3 is 2.00 bits per heavy atom. The third-order valence-corrected chi connectivity index (χ3v) is 2.68. The average molecular weight is 280 g/mol. The maximum absolute atomic E-state index is 12.4. The van der Waals surface area contributed by atoms with Crippen molar-refractivity contribution >= 4 is 5.97 Å². The van der Waals surface area contributed by atoms with E-state index in [1.54, 1.807) is 24.3 Å². The fourth-order valence-corrected chi connectivity index (χ4v) is 1.57. The maximum atomic E-state index is 12.4. The second-order valence-electron chi connectivity index (χ2n) is 4.28. The molecule has 0 saturated carbocycles. The van der Waals surface area contributed by atoms with Crippen LogP contribution < -0.4 is 4.74 Å². The lowest BCUT2D eigenvalue weighted by Gasteiger charge is -2.08. The van der Waals surface area contributed by atoms with Crippen LogP contribution in [-0.2, 0) is 6.18 Å². The number of carbonyl (C=O) groups excluding carboxylic acids is 1. The third kappa shape index (κ3) is 3.38. The molecule has 0 heterocycles. The summed E-state index contributed by atoms with van der Waals surface area (Å²) in [6.07, 6.45) is -4.42. The second-order valence-corrected chi connectivity index (χ2v) is 4.28. The Morgan fingerprint density at radius 2 is 1.50 bits per heavy atom. The van der Waals surface area contributed by atoms with Crippen molar-refractivity contribution < 1.29 is 22.7 Å². The van der Waals surface area contributed by atoms with Crippen molar-refractivity contribution in [1.29, 1.82) is 0 Å². The molecule has 2 nitrogen and oxygen atoms in total. The van der Waals surface area contributed by atoms with E-state index in [-0.39, 0.29) is 5.56 Å². The lowest BCUT2D eigenvalue weighted by molar-refractivity contribution is -0.137. The van der Waals surface area contributed by atoms with E-state index >= 15 is 0 Å². The Balaban J connectivity index is 2.11. The number of ether oxygens (including phenoxy) is 1. The van der Waals surface area contributed by atoms with Gasteiger partial charge in [-0.2, -0.15) is 13.2 Å². The molecule has 2 rings (SSSR count). The summed E-state index contributed by atoms with van der Waals surface area (Å²) in [7, 11) is 0. The van der Waals surface area contributed by atoms with Gasteiger partial charge < -0.3 is 4.74 Å². The van der Waals surface area contributed by atoms with Gasteiger partial charge in [0.15, 0.2) is 0 Å². The molecule has 0 aliphatic carbocycles. The Hall–Kier alpha value is -2.30. The number of hydrogen-bond acceptors (Lipinski definition) is 2. The lowest BCUT2D eigenvalue weighted by Crippen LogP contribution is -2.10. The van der Waals surface area contributed by atoms with Crippen molar-refractivity contribution in [2.45, 2.75) is 13.1 Å². The van der Waals surface area contributed by atoms with Gasteiger partial charge in [0.05, 0.1) is 11.1 Å². The molecule has 20 heavy (non-hydrogen) atoms. The highest BCUT2D eigenvalue weighted by atomic mass is 19.4. The highest BCUT2D eigenvalue weighted by molar-refractivity contribution is 5.91. The van der Waals surface area contributed by atoms with Gasteiger partial charge in [-0.3, -0.25) is 0 Å². The number of alkyl halides is 3. The van der Waals surface area contributed by atoms with Crippen molar-refractivity contribution in [3.63, 3.8) is 0 Å². The van der Waals surface area contributed by atoms with Crippen LogP contribution in [0.15, 0.2) is 48.5 Å². The van der Waals surface area contributed by atoms with Crippen LogP contribution in [0.5, 0.6) is 5.75 Å². The number of rotatable bonds is 2. The van der Waals surface area contributed by atoms with Crippen molar-refractivity contribution in [2.75, 3.05) is 0 Å². The summed E-state index contributed by atoms with van der Waals surface area (Å²) in [6.45, 7) is 1.89. The molecular weight excluding hydrogens is 269 g/mol. The van der Waals surface area contributed by atoms with Gasteiger partial charge in [-0.15, -0.1) is 0 Å². The molecule has 0 N–H and O–H groups in total. The molecule has 0 saturated heterocycles. The van der Waals surface area contributed by atoms with E-state index in [1.807, 2.05) is 6.92 Å². The standard InChI is InChI=1S/C15H11F3O2/c1-10-2-8-13(9-3-10)20-14(19)11-4-6-12(7-5-11)15(16,17)18/h2-9H,1H3. The van der Waals surface area contributed by atoms with Gasteiger partial charge >= 0.3 is 12.1 Å². The minimum Gasteiger partial charge on any atom is -0.423 e. The van der Waals surface area contributed by atoms with E-state index in [4.69, 9.17) is 4.74 Å². The molecule has 104 valence electrons. The van der Waals surface area contributed by atoms with Crippen molar-refractivity contribution in [3.05, 3.63) is 65.2 Å². The van der Waals surface area contributed by atoms with E-state index < -0.39 is 17.7 Å². The Labute approximate surface area is 113 Å². The van der Waals surface area contributed by atoms with Crippen LogP contribution in [0.1, 0.15) is 21.5 Å². The molecule has 0 fully saturated rings. The van der Waals surface area contributed by atoms with Crippen LogP contribution in [0.3, 0.4) is 0 Å². The zero-order chi connectivity index (χ0) is 14.8. The Kier molecular flexibility index (Phi) is 3.79. The number of halogens is 3. The van der Waals surface area contributed by atoms with Gasteiger partial charge in [0.25, 0.3) is 0 Å². The van der Waals surface area contributed by atoms with E-state index in [9.17, 15) is 18.0 Å². The molecule has 2 aromatic carbocycles. The summed E-state index contributed by atoms with van der Waals surface area (Å²) < 4.78 is 42.2. The molecule has 0 aliphatic rings. The van der Waals surface area contributed by atoms with Crippen LogP contribution >= 0.6 is 0 Å². The Bertz CT molecular complexity index is 599. The average Bonchev–Trinajstić information content (AvgIpc) is 2.40. The Morgan fingerprint density at radius 1 is 0.950 bits per heavy atom. The minimum atomic E-state index is -4.42. The summed E-state index contributed by atoms with van der Waals surface area (Å²) in [4.78, 5) is 11.8. The SMILES string of the molecule is Cc1ccc(OC(=O)c2ccc(C(F)(F)F)cc2)cc1. The predicted molar refractivity (Wildman–Crippen MR) is 67.6 cm³/mol. The fourth-order valence-electron chi connectivity index (χ4n) is 1.57. The second kappa shape index (κ2) is 5.36. The lowest BCUT2D eigenvalue weighted by atomic mass is 10.1. The van der Waals surface area contributed by atoms with Gasteiger partial charge in [0, 0.05) is 0 Å². The number of benzene rings is 2. The minimum absolute atomic E-state index is 0.0681. The normalized spacial score (nSPS) is 11.2. The van der Waals surface area contributed by atoms with Gasteiger partial charge in [0.1, 0.15) is 5.75 Å². The van der Waals surface area contributed by atoms with E-state index in [0.29, 0.717) is 5.75 Å². The van der Waals surface area contributed by atoms with Crippen LogP contribution in [0.25, 0.3) is 0 Å². The first-order valence-electron chi connectivity index (χ1n) is 5.82. The molecule has 0 aromatic heterocycles. The van der Waals surface area contributed by atoms with Gasteiger partial charge in [-0.1, -0.05) is 17.7 Å². The maximum Gasteiger partial charge on any atom is 0.416 e. The van der Waals surface area contributed by atoms with Crippen LogP contribution in [0.2, 0.25) is 0 Å². The molecule has 2 aromatic rings. The first kappa shape index (κ1) is 14.1. The largest absolute Gasteiger partial charge is 0.423 e. The van der Waals surface area contributed by atoms with Crippen LogP contribution in [-0.4, -0.2) is 5.97 Å². The van der Waals surface area contributed by atoms with Crippen LogP contribution in [0, 0.1) is 6.92 Å². The zero-order valence-electron chi connectivity index (χ0n) is 10.6.